The lowest BCUT2D eigenvalue weighted by Crippen LogP contribution is -2.41. The van der Waals surface area contributed by atoms with Crippen molar-refractivity contribution >= 4 is 57.9 Å². The van der Waals surface area contributed by atoms with Gasteiger partial charge in [-0.05, 0) is 19.3 Å². The second-order valence-electron chi connectivity index (χ2n) is 4.08. The molecule has 1 aromatic carbocycles. The first-order valence-electron chi connectivity index (χ1n) is 8.57. The van der Waals surface area contributed by atoms with Gasteiger partial charge >= 0.3 is 0 Å². The van der Waals surface area contributed by atoms with Gasteiger partial charge in [0, 0.05) is 14.8 Å². The summed E-state index contributed by atoms with van der Waals surface area (Å²) in [6.07, 6.45) is 0. The molecule has 1 heterocycles. The van der Waals surface area contributed by atoms with Crippen LogP contribution < -0.4 is 0 Å². The second-order valence-corrected chi connectivity index (χ2v) is 7.06. The van der Waals surface area contributed by atoms with Crippen molar-refractivity contribution < 1.29 is 17.2 Å². The van der Waals surface area contributed by atoms with Gasteiger partial charge in [-0.2, -0.15) is 4.99 Å². The van der Waals surface area contributed by atoms with Crippen LogP contribution in [0, 0.1) is 0 Å². The van der Waals surface area contributed by atoms with Crippen molar-refractivity contribution in [2.75, 3.05) is 0 Å². The van der Waals surface area contributed by atoms with Gasteiger partial charge in [-0.1, -0.05) is 65.1 Å². The average Bonchev–Trinajstić information content (AvgIpc) is 2.86. The number of nitrogens with zero attached hydrogens (tertiary/aromatic N) is 2. The Balaban J connectivity index is 2.60. The maximum atomic E-state index is 12.0. The SMILES string of the molecule is [2H]C([2H])([2H])C1(C([2H])([2H])[2H])OSC(=NC(=O)C(Cl)(Cl)Cl)N1Cc1ccccc1. The van der Waals surface area contributed by atoms with Gasteiger partial charge in [0.2, 0.25) is 0 Å². The molecule has 0 aromatic heterocycles. The van der Waals surface area contributed by atoms with Crippen LogP contribution in [0.1, 0.15) is 27.5 Å². The number of benzene rings is 1. The van der Waals surface area contributed by atoms with E-state index in [1.807, 2.05) is 0 Å². The Bertz CT molecular complexity index is 722. The molecule has 0 bridgehead atoms. The predicted molar refractivity (Wildman–Crippen MR) is 87.5 cm³/mol. The summed E-state index contributed by atoms with van der Waals surface area (Å²) in [6, 6.07) is 8.42. The number of halogens is 3. The lowest BCUT2D eigenvalue weighted by molar-refractivity contribution is -0.117. The smallest absolute Gasteiger partial charge is 0.300 e. The standard InChI is InChI=1S/C13H13Cl3N2O2S/c1-12(2)18(8-9-6-4-3-5-7-9)11(21-20-12)17-10(19)13(14,15)16/h3-7H,8H2,1-2H3/i1D3,2D3. The quantitative estimate of drug-likeness (QED) is 0.577. The molecule has 114 valence electrons. The number of carbonyl (C=O) groups excluding carboxylic acids is 1. The molecule has 0 unspecified atom stereocenters. The Morgan fingerprint density at radius 3 is 2.67 bits per heavy atom. The van der Waals surface area contributed by atoms with Gasteiger partial charge in [0.15, 0.2) is 10.9 Å². The molecule has 0 radical (unpaired) electrons. The van der Waals surface area contributed by atoms with E-state index in [9.17, 15) is 4.79 Å². The van der Waals surface area contributed by atoms with Crippen molar-refractivity contribution in [3.63, 3.8) is 0 Å². The maximum absolute atomic E-state index is 12.0. The lowest BCUT2D eigenvalue weighted by atomic mass is 10.2. The molecule has 1 saturated heterocycles. The van der Waals surface area contributed by atoms with Gasteiger partial charge in [0.05, 0.1) is 12.0 Å². The predicted octanol–water partition coefficient (Wildman–Crippen LogP) is 4.16. The molecule has 1 fully saturated rings. The van der Waals surface area contributed by atoms with Gasteiger partial charge in [-0.25, -0.2) is 0 Å². The highest BCUT2D eigenvalue weighted by molar-refractivity contribution is 8.10. The van der Waals surface area contributed by atoms with Crippen LogP contribution >= 0.6 is 46.8 Å². The molecule has 4 nitrogen and oxygen atoms in total. The first kappa shape index (κ1) is 10.3. The monoisotopic (exact) mass is 372 g/mol. The Kier molecular flexibility index (Phi) is 3.12. The molecule has 1 aliphatic rings. The summed E-state index contributed by atoms with van der Waals surface area (Å²) in [7, 11) is 0. The topological polar surface area (TPSA) is 41.9 Å². The summed E-state index contributed by atoms with van der Waals surface area (Å²) in [5, 5.41) is -0.331. The van der Waals surface area contributed by atoms with Crippen molar-refractivity contribution in [2.45, 2.75) is 29.8 Å². The summed E-state index contributed by atoms with van der Waals surface area (Å²) in [4.78, 5) is 16.5. The zero-order chi connectivity index (χ0) is 20.7. The summed E-state index contributed by atoms with van der Waals surface area (Å²) >= 11 is 16.8. The van der Waals surface area contributed by atoms with Crippen LogP contribution in [0.25, 0.3) is 0 Å². The summed E-state index contributed by atoms with van der Waals surface area (Å²) in [6.45, 7) is -6.43. The van der Waals surface area contributed by atoms with Gasteiger partial charge in [0.1, 0.15) is 0 Å². The van der Waals surface area contributed by atoms with Gasteiger partial charge in [-0.3, -0.25) is 8.98 Å². The number of rotatable bonds is 2. The number of amides is 1. The molecule has 0 atom stereocenters. The molecule has 1 aromatic rings. The van der Waals surface area contributed by atoms with Crippen LogP contribution in [-0.4, -0.2) is 25.5 Å². The first-order valence-corrected chi connectivity index (χ1v) is 7.45. The van der Waals surface area contributed by atoms with Gasteiger partial charge in [-0.15, -0.1) is 0 Å². The van der Waals surface area contributed by atoms with Crippen LogP contribution in [0.15, 0.2) is 35.3 Å². The molecular formula is C13H13Cl3N2O2S. The van der Waals surface area contributed by atoms with E-state index in [1.165, 1.54) is 0 Å². The molecule has 2 rings (SSSR count). The van der Waals surface area contributed by atoms with Crippen molar-refractivity contribution in [2.24, 2.45) is 4.99 Å². The van der Waals surface area contributed by atoms with Gasteiger partial charge in [0.25, 0.3) is 9.70 Å². The van der Waals surface area contributed by atoms with E-state index in [-0.39, 0.29) is 11.7 Å². The highest BCUT2D eigenvalue weighted by Crippen LogP contribution is 2.37. The fourth-order valence-electron chi connectivity index (χ4n) is 1.50. The number of amidine groups is 1. The largest absolute Gasteiger partial charge is 0.316 e. The summed E-state index contributed by atoms with van der Waals surface area (Å²) in [5.74, 6) is -1.21. The van der Waals surface area contributed by atoms with E-state index in [0.29, 0.717) is 17.6 Å². The third kappa shape index (κ3) is 4.27. The van der Waals surface area contributed by atoms with E-state index < -0.39 is 29.1 Å². The highest BCUT2D eigenvalue weighted by Gasteiger charge is 2.41. The molecule has 8 heteroatoms. The van der Waals surface area contributed by atoms with Gasteiger partial charge < -0.3 is 4.90 Å². The molecular weight excluding hydrogens is 355 g/mol. The molecule has 0 spiro atoms. The first-order chi connectivity index (χ1) is 12.2. The molecule has 0 N–H and O–H groups in total. The fraction of sp³-hybridized carbons (Fsp3) is 0.385. The maximum Gasteiger partial charge on any atom is 0.300 e. The minimum absolute atomic E-state index is 0.212. The van der Waals surface area contributed by atoms with E-state index >= 15 is 0 Å². The van der Waals surface area contributed by atoms with Crippen molar-refractivity contribution in [1.82, 2.24) is 4.90 Å². The molecule has 1 aliphatic heterocycles. The normalized spacial score (nSPS) is 25.5. The van der Waals surface area contributed by atoms with Crippen LogP contribution in [0.3, 0.4) is 0 Å². The molecule has 21 heavy (non-hydrogen) atoms. The Hall–Kier alpha value is -0.460. The molecule has 0 saturated carbocycles. The zero-order valence-corrected chi connectivity index (χ0v) is 13.4. The van der Waals surface area contributed by atoms with Crippen molar-refractivity contribution in [3.8, 4) is 0 Å². The summed E-state index contributed by atoms with van der Waals surface area (Å²) in [5.41, 5.74) is -2.18. The fourth-order valence-corrected chi connectivity index (χ4v) is 2.31. The number of aliphatic imine (C=N–C) groups is 1. The number of hydrogen-bond acceptors (Lipinski definition) is 3. The van der Waals surface area contributed by atoms with Crippen LogP contribution in [0.5, 0.6) is 0 Å². The second kappa shape index (κ2) is 6.34. The Labute approximate surface area is 151 Å². The van der Waals surface area contributed by atoms with Crippen molar-refractivity contribution in [3.05, 3.63) is 35.9 Å². The van der Waals surface area contributed by atoms with E-state index in [0.717, 1.165) is 4.90 Å². The average molecular weight is 374 g/mol. The minimum Gasteiger partial charge on any atom is -0.316 e. The van der Waals surface area contributed by atoms with E-state index in [1.54, 1.807) is 30.3 Å². The third-order valence-electron chi connectivity index (χ3n) is 2.47. The molecule has 0 aliphatic carbocycles. The lowest BCUT2D eigenvalue weighted by Gasteiger charge is -2.30. The number of carbonyl (C=O) groups is 1. The highest BCUT2D eigenvalue weighted by atomic mass is 35.6. The van der Waals surface area contributed by atoms with Crippen molar-refractivity contribution in [1.29, 1.82) is 0 Å². The number of alkyl halides is 3. The minimum atomic E-state index is -3.11. The summed E-state index contributed by atoms with van der Waals surface area (Å²) < 4.78 is 49.6. The Morgan fingerprint density at radius 2 is 2.10 bits per heavy atom. The Morgan fingerprint density at radius 1 is 1.43 bits per heavy atom. The molecule has 1 amide bonds. The van der Waals surface area contributed by atoms with Crippen LogP contribution in [0.2, 0.25) is 0 Å². The zero-order valence-electron chi connectivity index (χ0n) is 16.3. The van der Waals surface area contributed by atoms with Crippen LogP contribution in [0.4, 0.5) is 0 Å². The van der Waals surface area contributed by atoms with E-state index in [4.69, 9.17) is 47.2 Å². The van der Waals surface area contributed by atoms with E-state index in [2.05, 4.69) is 4.99 Å². The number of hydrogen-bond donors (Lipinski definition) is 0. The third-order valence-corrected chi connectivity index (χ3v) is 3.74. The van der Waals surface area contributed by atoms with Crippen LogP contribution in [-0.2, 0) is 15.5 Å².